The van der Waals surface area contributed by atoms with Gasteiger partial charge in [-0.2, -0.15) is 0 Å². The normalized spacial score (nSPS) is 12.0. The second-order valence-corrected chi connectivity index (χ2v) is 2.00. The molecule has 1 atom stereocenters. The third kappa shape index (κ3) is 1.44. The molecular weight excluding hydrogens is 162 g/mol. The molecule has 0 saturated carbocycles. The van der Waals surface area contributed by atoms with Gasteiger partial charge in [0.05, 0.1) is 6.07 Å². The summed E-state index contributed by atoms with van der Waals surface area (Å²) in [6.45, 7) is 0. The number of hydrogen-bond acceptors (Lipinski definition) is 4. The number of rotatable bonds is 2. The molecular formula is C7H5NO4. The molecule has 62 valence electrons. The first-order valence-electron chi connectivity index (χ1n) is 3.03. The van der Waals surface area contributed by atoms with Crippen molar-refractivity contribution in [2.45, 2.75) is 6.10 Å². The number of terminal acetylenes is 1. The summed E-state index contributed by atoms with van der Waals surface area (Å²) in [7, 11) is 0. The number of nitrogens with zero attached hydrogens (tertiary/aromatic N) is 1. The van der Waals surface area contributed by atoms with Gasteiger partial charge in [-0.1, -0.05) is 5.92 Å². The summed E-state index contributed by atoms with van der Waals surface area (Å²) < 4.78 is 4.61. The summed E-state index contributed by atoms with van der Waals surface area (Å²) in [5.41, 5.74) is 0. The van der Waals surface area contributed by atoms with Crippen LogP contribution in [0, 0.1) is 22.5 Å². The van der Waals surface area contributed by atoms with E-state index in [1.807, 2.05) is 5.92 Å². The summed E-state index contributed by atoms with van der Waals surface area (Å²) >= 11 is 0. The van der Waals surface area contributed by atoms with Crippen molar-refractivity contribution in [1.29, 1.82) is 0 Å². The lowest BCUT2D eigenvalue weighted by Gasteiger charge is -1.94. The molecule has 5 nitrogen and oxygen atoms in total. The fourth-order valence-electron chi connectivity index (χ4n) is 0.669. The molecule has 0 aliphatic carbocycles. The van der Waals surface area contributed by atoms with Gasteiger partial charge in [-0.3, -0.25) is 10.1 Å². The highest BCUT2D eigenvalue weighted by Crippen LogP contribution is 2.20. The van der Waals surface area contributed by atoms with Gasteiger partial charge in [-0.25, -0.2) is 0 Å². The van der Waals surface area contributed by atoms with E-state index in [-0.39, 0.29) is 5.76 Å². The quantitative estimate of drug-likeness (QED) is 0.402. The molecule has 12 heavy (non-hydrogen) atoms. The average Bonchev–Trinajstić information content (AvgIpc) is 2.51. The Bertz CT molecular complexity index is 335. The molecule has 0 saturated heterocycles. The van der Waals surface area contributed by atoms with Crippen LogP contribution in [-0.4, -0.2) is 10.0 Å². The minimum Gasteiger partial charge on any atom is -0.402 e. The largest absolute Gasteiger partial charge is 0.433 e. The molecule has 1 N–H and O–H groups in total. The van der Waals surface area contributed by atoms with Crippen LogP contribution in [0.4, 0.5) is 5.88 Å². The third-order valence-electron chi connectivity index (χ3n) is 1.22. The molecule has 1 unspecified atom stereocenters. The Balaban J connectivity index is 2.93. The second kappa shape index (κ2) is 3.07. The van der Waals surface area contributed by atoms with Crippen LogP contribution in [0.15, 0.2) is 16.5 Å². The summed E-state index contributed by atoms with van der Waals surface area (Å²) in [5, 5.41) is 19.1. The van der Waals surface area contributed by atoms with Gasteiger partial charge in [0.1, 0.15) is 4.92 Å². The fraction of sp³-hybridized carbons (Fsp3) is 0.143. The van der Waals surface area contributed by atoms with Crippen molar-refractivity contribution in [1.82, 2.24) is 0 Å². The van der Waals surface area contributed by atoms with Crippen molar-refractivity contribution >= 4 is 5.88 Å². The second-order valence-electron chi connectivity index (χ2n) is 2.00. The van der Waals surface area contributed by atoms with Crippen molar-refractivity contribution in [3.05, 3.63) is 28.0 Å². The van der Waals surface area contributed by atoms with Crippen LogP contribution in [0.2, 0.25) is 0 Å². The Morgan fingerprint density at radius 1 is 1.75 bits per heavy atom. The molecule has 0 aliphatic heterocycles. The van der Waals surface area contributed by atoms with E-state index < -0.39 is 16.9 Å². The molecule has 1 heterocycles. The molecule has 1 aromatic rings. The van der Waals surface area contributed by atoms with Crippen molar-refractivity contribution in [2.24, 2.45) is 0 Å². The Labute approximate surface area is 67.8 Å². The van der Waals surface area contributed by atoms with Crippen LogP contribution in [0.25, 0.3) is 0 Å². The number of nitro groups is 1. The van der Waals surface area contributed by atoms with E-state index in [0.717, 1.165) is 6.07 Å². The van der Waals surface area contributed by atoms with E-state index in [1.54, 1.807) is 0 Å². The standard InChI is InChI=1S/C7H5NO4/c1-2-5(9)6-3-4-7(12-6)8(10)11/h1,3-5,9H. The Morgan fingerprint density at radius 2 is 2.42 bits per heavy atom. The number of hydrogen-bond donors (Lipinski definition) is 1. The van der Waals surface area contributed by atoms with E-state index in [4.69, 9.17) is 11.5 Å². The van der Waals surface area contributed by atoms with Gasteiger partial charge < -0.3 is 9.52 Å². The lowest BCUT2D eigenvalue weighted by Crippen LogP contribution is -1.89. The molecule has 0 bridgehead atoms. The lowest BCUT2D eigenvalue weighted by atomic mass is 10.3. The molecule has 5 heteroatoms. The summed E-state index contributed by atoms with van der Waals surface area (Å²) in [6, 6.07) is 2.40. The van der Waals surface area contributed by atoms with Crippen molar-refractivity contribution < 1.29 is 14.4 Å². The van der Waals surface area contributed by atoms with E-state index in [1.165, 1.54) is 6.07 Å². The van der Waals surface area contributed by atoms with Crippen molar-refractivity contribution in [3.8, 4) is 12.3 Å². The van der Waals surface area contributed by atoms with Crippen LogP contribution in [0.5, 0.6) is 0 Å². The van der Waals surface area contributed by atoms with Crippen LogP contribution in [-0.2, 0) is 0 Å². The zero-order valence-corrected chi connectivity index (χ0v) is 5.93. The zero-order valence-electron chi connectivity index (χ0n) is 5.93. The lowest BCUT2D eigenvalue weighted by molar-refractivity contribution is -0.402. The maximum absolute atomic E-state index is 10.1. The van der Waals surface area contributed by atoms with Crippen LogP contribution in [0.1, 0.15) is 11.9 Å². The highest BCUT2D eigenvalue weighted by molar-refractivity contribution is 5.22. The predicted molar refractivity (Wildman–Crippen MR) is 39.2 cm³/mol. The number of furan rings is 1. The third-order valence-corrected chi connectivity index (χ3v) is 1.22. The minimum atomic E-state index is -1.22. The zero-order chi connectivity index (χ0) is 9.14. The number of aliphatic hydroxyl groups excluding tert-OH is 1. The molecule has 0 radical (unpaired) electrons. The summed E-state index contributed by atoms with van der Waals surface area (Å²) in [5.74, 6) is 1.55. The summed E-state index contributed by atoms with van der Waals surface area (Å²) in [6.07, 6.45) is 3.64. The van der Waals surface area contributed by atoms with Gasteiger partial charge in [0.15, 0.2) is 11.9 Å². The molecule has 0 aromatic carbocycles. The topological polar surface area (TPSA) is 76.5 Å². The van der Waals surface area contributed by atoms with E-state index >= 15 is 0 Å². The highest BCUT2D eigenvalue weighted by atomic mass is 16.6. The van der Waals surface area contributed by atoms with Crippen LogP contribution >= 0.6 is 0 Å². The fourth-order valence-corrected chi connectivity index (χ4v) is 0.669. The molecule has 1 rings (SSSR count). The van der Waals surface area contributed by atoms with Gasteiger partial charge in [0.25, 0.3) is 0 Å². The first-order valence-corrected chi connectivity index (χ1v) is 3.03. The predicted octanol–water partition coefficient (Wildman–Crippen LogP) is 0.854. The smallest absolute Gasteiger partial charge is 0.402 e. The summed E-state index contributed by atoms with van der Waals surface area (Å²) in [4.78, 5) is 9.40. The van der Waals surface area contributed by atoms with Crippen molar-refractivity contribution in [2.75, 3.05) is 0 Å². The molecule has 0 spiro atoms. The number of aliphatic hydroxyl groups is 1. The monoisotopic (exact) mass is 167 g/mol. The van der Waals surface area contributed by atoms with E-state index in [2.05, 4.69) is 4.42 Å². The van der Waals surface area contributed by atoms with E-state index in [9.17, 15) is 10.1 Å². The minimum absolute atomic E-state index is 0.00389. The SMILES string of the molecule is C#CC(O)c1ccc([N+](=O)[O-])o1. The highest BCUT2D eigenvalue weighted by Gasteiger charge is 2.15. The Morgan fingerprint density at radius 3 is 2.83 bits per heavy atom. The Hall–Kier alpha value is -1.80. The first kappa shape index (κ1) is 8.30. The first-order chi connectivity index (χ1) is 5.65. The van der Waals surface area contributed by atoms with Crippen LogP contribution in [0.3, 0.4) is 0 Å². The van der Waals surface area contributed by atoms with Gasteiger partial charge in [0, 0.05) is 0 Å². The van der Waals surface area contributed by atoms with Crippen molar-refractivity contribution in [3.63, 3.8) is 0 Å². The van der Waals surface area contributed by atoms with Gasteiger partial charge in [0.2, 0.25) is 0 Å². The Kier molecular flexibility index (Phi) is 2.12. The van der Waals surface area contributed by atoms with Crippen LogP contribution < -0.4 is 0 Å². The maximum atomic E-state index is 10.1. The molecule has 0 amide bonds. The maximum Gasteiger partial charge on any atom is 0.433 e. The van der Waals surface area contributed by atoms with E-state index in [0.29, 0.717) is 0 Å². The van der Waals surface area contributed by atoms with Gasteiger partial charge in [-0.15, -0.1) is 6.42 Å². The molecule has 0 aliphatic rings. The van der Waals surface area contributed by atoms with Gasteiger partial charge >= 0.3 is 5.88 Å². The van der Waals surface area contributed by atoms with Gasteiger partial charge in [-0.05, 0) is 6.07 Å². The molecule has 0 fully saturated rings. The molecule has 1 aromatic heterocycles. The average molecular weight is 167 g/mol.